The highest BCUT2D eigenvalue weighted by molar-refractivity contribution is 6.33. The number of benzene rings is 1. The number of nitrogens with two attached hydrogens (primary N) is 1. The van der Waals surface area contributed by atoms with Crippen LogP contribution in [0.15, 0.2) is 30.5 Å². The number of halogens is 1. The molecule has 18 heavy (non-hydrogen) atoms. The first-order chi connectivity index (χ1) is 8.49. The lowest BCUT2D eigenvalue weighted by molar-refractivity contribution is 0.0697. The van der Waals surface area contributed by atoms with E-state index in [2.05, 4.69) is 4.98 Å². The zero-order valence-electron chi connectivity index (χ0n) is 9.09. The minimum Gasteiger partial charge on any atom is -0.508 e. The second-order valence-corrected chi connectivity index (χ2v) is 4.03. The molecule has 0 fully saturated rings. The van der Waals surface area contributed by atoms with Gasteiger partial charge in [0.15, 0.2) is 0 Å². The molecule has 0 spiro atoms. The molecule has 0 aliphatic heterocycles. The van der Waals surface area contributed by atoms with Gasteiger partial charge < -0.3 is 15.9 Å². The van der Waals surface area contributed by atoms with E-state index in [0.29, 0.717) is 16.1 Å². The van der Waals surface area contributed by atoms with Crippen LogP contribution in [0.2, 0.25) is 5.02 Å². The van der Waals surface area contributed by atoms with E-state index in [4.69, 9.17) is 22.4 Å². The number of carbonyl (C=O) groups is 1. The molecule has 2 aromatic rings. The third-order valence-corrected chi connectivity index (χ3v) is 2.73. The number of aromatic hydroxyl groups is 1. The zero-order valence-corrected chi connectivity index (χ0v) is 9.85. The average Bonchev–Trinajstić information content (AvgIpc) is 2.32. The largest absolute Gasteiger partial charge is 0.508 e. The van der Waals surface area contributed by atoms with Gasteiger partial charge in [-0.15, -0.1) is 0 Å². The Hall–Kier alpha value is -2.27. The summed E-state index contributed by atoms with van der Waals surface area (Å²) >= 11 is 5.98. The summed E-state index contributed by atoms with van der Waals surface area (Å²) in [6.45, 7) is 0. The molecule has 5 nitrogen and oxygen atoms in total. The van der Waals surface area contributed by atoms with Gasteiger partial charge in [0.2, 0.25) is 0 Å². The molecule has 2 rings (SSSR count). The molecule has 0 radical (unpaired) electrons. The van der Waals surface area contributed by atoms with Gasteiger partial charge in [0, 0.05) is 22.3 Å². The van der Waals surface area contributed by atoms with Crippen molar-refractivity contribution in [1.82, 2.24) is 4.98 Å². The van der Waals surface area contributed by atoms with E-state index >= 15 is 0 Å². The summed E-state index contributed by atoms with van der Waals surface area (Å²) in [7, 11) is 0. The monoisotopic (exact) mass is 264 g/mol. The Kier molecular flexibility index (Phi) is 3.08. The lowest BCUT2D eigenvalue weighted by Gasteiger charge is -2.09. The van der Waals surface area contributed by atoms with Gasteiger partial charge in [0.25, 0.3) is 0 Å². The van der Waals surface area contributed by atoms with Crippen molar-refractivity contribution in [3.05, 3.63) is 41.0 Å². The lowest BCUT2D eigenvalue weighted by atomic mass is 10.0. The van der Waals surface area contributed by atoms with E-state index in [9.17, 15) is 9.90 Å². The number of anilines is 1. The van der Waals surface area contributed by atoms with Gasteiger partial charge in [-0.05, 0) is 24.3 Å². The minimum absolute atomic E-state index is 0.0115. The molecule has 0 aliphatic rings. The second-order valence-electron chi connectivity index (χ2n) is 3.62. The fourth-order valence-electron chi connectivity index (χ4n) is 1.58. The fourth-order valence-corrected chi connectivity index (χ4v) is 1.80. The molecule has 0 aliphatic carbocycles. The number of carboxylic acid groups (broad SMARTS) is 1. The number of aromatic nitrogens is 1. The van der Waals surface area contributed by atoms with E-state index in [0.717, 1.165) is 0 Å². The maximum absolute atomic E-state index is 11.2. The molecule has 0 atom stereocenters. The van der Waals surface area contributed by atoms with Crippen LogP contribution in [0.25, 0.3) is 11.1 Å². The molecule has 4 N–H and O–H groups in total. The smallest absolute Gasteiger partial charge is 0.336 e. The highest BCUT2D eigenvalue weighted by Crippen LogP contribution is 2.33. The van der Waals surface area contributed by atoms with Crippen molar-refractivity contribution >= 4 is 23.4 Å². The number of nitrogens with zero attached hydrogens (tertiary/aromatic N) is 1. The fraction of sp³-hybridized carbons (Fsp3) is 0. The van der Waals surface area contributed by atoms with Crippen LogP contribution in [0.3, 0.4) is 0 Å². The Morgan fingerprint density at radius 1 is 1.28 bits per heavy atom. The molecule has 0 unspecified atom stereocenters. The second kappa shape index (κ2) is 4.54. The summed E-state index contributed by atoms with van der Waals surface area (Å²) in [5, 5.41) is 18.9. The van der Waals surface area contributed by atoms with Crippen LogP contribution in [0, 0.1) is 0 Å². The van der Waals surface area contributed by atoms with Crippen molar-refractivity contribution in [3.8, 4) is 16.9 Å². The van der Waals surface area contributed by atoms with E-state index in [1.165, 1.54) is 30.5 Å². The van der Waals surface area contributed by atoms with Gasteiger partial charge >= 0.3 is 5.97 Å². The number of phenols is 1. The number of hydrogen-bond acceptors (Lipinski definition) is 4. The Morgan fingerprint density at radius 3 is 2.67 bits per heavy atom. The highest BCUT2D eigenvalue weighted by atomic mass is 35.5. The summed E-state index contributed by atoms with van der Waals surface area (Å²) in [6, 6.07) is 5.52. The Bertz CT molecular complexity index is 629. The van der Waals surface area contributed by atoms with Crippen LogP contribution in [0.5, 0.6) is 5.75 Å². The predicted octanol–water partition coefficient (Wildman–Crippen LogP) is 2.39. The van der Waals surface area contributed by atoms with Gasteiger partial charge in [-0.1, -0.05) is 11.6 Å². The number of pyridine rings is 1. The molecule has 0 amide bonds. The van der Waals surface area contributed by atoms with Gasteiger partial charge in [0.1, 0.15) is 11.6 Å². The summed E-state index contributed by atoms with van der Waals surface area (Å²) in [5.41, 5.74) is 6.13. The van der Waals surface area contributed by atoms with Crippen LogP contribution in [-0.2, 0) is 0 Å². The van der Waals surface area contributed by atoms with Crippen molar-refractivity contribution in [2.75, 3.05) is 5.73 Å². The predicted molar refractivity (Wildman–Crippen MR) is 67.7 cm³/mol. The van der Waals surface area contributed by atoms with Gasteiger partial charge in [-0.2, -0.15) is 0 Å². The molecule has 1 aromatic heterocycles. The van der Waals surface area contributed by atoms with E-state index < -0.39 is 5.97 Å². The Balaban J connectivity index is 2.70. The summed E-state index contributed by atoms with van der Waals surface area (Å²) in [4.78, 5) is 15.0. The first kappa shape index (κ1) is 12.2. The Labute approximate surface area is 107 Å². The van der Waals surface area contributed by atoms with Gasteiger partial charge in [0.05, 0.1) is 5.56 Å². The molecular formula is C12H9ClN2O3. The minimum atomic E-state index is -1.14. The zero-order chi connectivity index (χ0) is 13.3. The van der Waals surface area contributed by atoms with Gasteiger partial charge in [-0.3, -0.25) is 0 Å². The number of carboxylic acids is 1. The van der Waals surface area contributed by atoms with Crippen molar-refractivity contribution in [1.29, 1.82) is 0 Å². The van der Waals surface area contributed by atoms with E-state index in [1.54, 1.807) is 0 Å². The maximum Gasteiger partial charge on any atom is 0.336 e. The number of phenolic OH excluding ortho intramolecular Hbond substituents is 1. The van der Waals surface area contributed by atoms with Gasteiger partial charge in [-0.25, -0.2) is 9.78 Å². The van der Waals surface area contributed by atoms with Crippen LogP contribution >= 0.6 is 11.6 Å². The first-order valence-electron chi connectivity index (χ1n) is 4.96. The average molecular weight is 265 g/mol. The van der Waals surface area contributed by atoms with E-state index in [1.807, 2.05) is 0 Å². The topological polar surface area (TPSA) is 96.4 Å². The molecule has 0 saturated heterocycles. The van der Waals surface area contributed by atoms with E-state index in [-0.39, 0.29) is 17.1 Å². The quantitative estimate of drug-likeness (QED) is 0.774. The molecule has 0 bridgehead atoms. The third kappa shape index (κ3) is 2.21. The van der Waals surface area contributed by atoms with Crippen molar-refractivity contribution in [3.63, 3.8) is 0 Å². The van der Waals surface area contributed by atoms with Crippen LogP contribution in [0.1, 0.15) is 10.4 Å². The number of hydrogen-bond donors (Lipinski definition) is 3. The lowest BCUT2D eigenvalue weighted by Crippen LogP contribution is -2.03. The molecule has 1 aromatic carbocycles. The summed E-state index contributed by atoms with van der Waals surface area (Å²) < 4.78 is 0. The number of rotatable bonds is 2. The number of nitrogen functional groups attached to an aromatic ring is 1. The molecule has 6 heteroatoms. The van der Waals surface area contributed by atoms with Crippen LogP contribution in [0.4, 0.5) is 5.82 Å². The Morgan fingerprint density at radius 2 is 2.00 bits per heavy atom. The third-order valence-electron chi connectivity index (χ3n) is 2.40. The SMILES string of the molecule is Nc1cc(C(=O)O)c(-c2cc(O)ccc2Cl)cn1. The summed E-state index contributed by atoms with van der Waals surface area (Å²) in [6.07, 6.45) is 1.32. The molecule has 92 valence electrons. The molecule has 0 saturated carbocycles. The maximum atomic E-state index is 11.2. The highest BCUT2D eigenvalue weighted by Gasteiger charge is 2.15. The number of aromatic carboxylic acids is 1. The van der Waals surface area contributed by atoms with Crippen molar-refractivity contribution < 1.29 is 15.0 Å². The summed E-state index contributed by atoms with van der Waals surface area (Å²) in [5.74, 6) is -1.05. The van der Waals surface area contributed by atoms with Crippen molar-refractivity contribution in [2.45, 2.75) is 0 Å². The van der Waals surface area contributed by atoms with Crippen LogP contribution in [-0.4, -0.2) is 21.2 Å². The molecule has 1 heterocycles. The first-order valence-corrected chi connectivity index (χ1v) is 5.34. The normalized spacial score (nSPS) is 10.3. The molecular weight excluding hydrogens is 256 g/mol. The standard InChI is InChI=1S/C12H9ClN2O3/c13-10-2-1-6(16)3-7(10)9-5-15-11(14)4-8(9)12(17)18/h1-5,16H,(H2,14,15)(H,17,18). The van der Waals surface area contributed by atoms with Crippen molar-refractivity contribution in [2.24, 2.45) is 0 Å². The van der Waals surface area contributed by atoms with Crippen LogP contribution < -0.4 is 5.73 Å².